The van der Waals surface area contributed by atoms with Crippen molar-refractivity contribution < 1.29 is 64.2 Å². The molecule has 1 unspecified atom stereocenters. The van der Waals surface area contributed by atoms with Crippen molar-refractivity contribution in [2.45, 2.75) is 63.9 Å². The second kappa shape index (κ2) is 21.5. The number of nitrogens with one attached hydrogen (secondary N) is 1. The summed E-state index contributed by atoms with van der Waals surface area (Å²) in [5.74, 6) is -1.69. The van der Waals surface area contributed by atoms with Gasteiger partial charge in [-0.25, -0.2) is 14.1 Å². The summed E-state index contributed by atoms with van der Waals surface area (Å²) in [7, 11) is 0. The lowest BCUT2D eigenvalue weighted by molar-refractivity contribution is -0.528. The molecule has 0 aliphatic heterocycles. The van der Waals surface area contributed by atoms with E-state index < -0.39 is 53.9 Å². The van der Waals surface area contributed by atoms with Gasteiger partial charge >= 0.3 is 5.97 Å². The number of anilines is 1. The first-order valence-electron chi connectivity index (χ1n) is 17.5. The molecular formula is C38H47FN4O12. The molecule has 0 aliphatic carbocycles. The zero-order valence-electron chi connectivity index (χ0n) is 30.4. The third-order valence-corrected chi connectivity index (χ3v) is 8.34. The minimum atomic E-state index is -1.25. The van der Waals surface area contributed by atoms with Crippen LogP contribution in [0.15, 0.2) is 84.9 Å². The molecule has 3 aromatic carbocycles. The Morgan fingerprint density at radius 2 is 1.47 bits per heavy atom. The van der Waals surface area contributed by atoms with E-state index in [0.717, 1.165) is 5.56 Å². The van der Waals surface area contributed by atoms with E-state index in [1.807, 2.05) is 66.9 Å². The van der Waals surface area contributed by atoms with Crippen LogP contribution >= 0.6 is 0 Å². The molecule has 0 saturated heterocycles. The van der Waals surface area contributed by atoms with Gasteiger partial charge in [0.2, 0.25) is 0 Å². The predicted molar refractivity (Wildman–Crippen MR) is 193 cm³/mol. The standard InChI is InChI=1S/C38H47FN4O12/c1-25(2)36-35(38(47)40-29-11-7-4-8-12-29)34(26-9-5-3-6-10-26)37(27-13-15-28(39)16-14-27)41(36)18-17-30(44)21-31(45)22-33(46)53-20-19-52-23-32(55-43(50)51)24-54-42(48)49/h3-16,25,30-32,44-45,48-51H,17-24H2,1-2H3,(H,40,47)/t30-,31-,32?/m1/s1. The van der Waals surface area contributed by atoms with E-state index in [-0.39, 0.29) is 51.0 Å². The van der Waals surface area contributed by atoms with Crippen LogP contribution in [0.5, 0.6) is 0 Å². The number of hydrogen-bond acceptors (Lipinski definition) is 14. The van der Waals surface area contributed by atoms with Crippen LogP contribution < -0.4 is 5.32 Å². The number of halogens is 1. The summed E-state index contributed by atoms with van der Waals surface area (Å²) in [5.41, 5.74) is 4.47. The molecule has 0 radical (unpaired) electrons. The molecular weight excluding hydrogens is 723 g/mol. The van der Waals surface area contributed by atoms with Crippen LogP contribution in [0, 0.1) is 5.82 Å². The number of aliphatic hydroxyl groups excluding tert-OH is 2. The van der Waals surface area contributed by atoms with Crippen molar-refractivity contribution in [3.63, 3.8) is 0 Å². The molecule has 7 N–H and O–H groups in total. The summed E-state index contributed by atoms with van der Waals surface area (Å²) in [6.45, 7) is 2.86. The number of aromatic nitrogens is 1. The van der Waals surface area contributed by atoms with Gasteiger partial charge in [0.15, 0.2) is 0 Å². The number of carbonyl (C=O) groups is 2. The van der Waals surface area contributed by atoms with Crippen molar-refractivity contribution in [2.75, 3.05) is 31.7 Å². The fraction of sp³-hybridized carbons (Fsp3) is 0.368. The highest BCUT2D eigenvalue weighted by Crippen LogP contribution is 2.42. The van der Waals surface area contributed by atoms with E-state index >= 15 is 0 Å². The Kier molecular flexibility index (Phi) is 16.8. The molecule has 0 spiro atoms. The van der Waals surface area contributed by atoms with Gasteiger partial charge in [-0.2, -0.15) is 0 Å². The topological polar surface area (TPSA) is 216 Å². The molecule has 3 atom stereocenters. The number of amides is 1. The molecule has 17 heteroatoms. The maximum absolute atomic E-state index is 14.2. The lowest BCUT2D eigenvalue weighted by Gasteiger charge is -2.20. The Bertz CT molecular complexity index is 1780. The van der Waals surface area contributed by atoms with Gasteiger partial charge in [-0.1, -0.05) is 62.4 Å². The van der Waals surface area contributed by atoms with Gasteiger partial charge in [0.25, 0.3) is 5.91 Å². The van der Waals surface area contributed by atoms with Crippen LogP contribution in [0.1, 0.15) is 55.1 Å². The molecule has 0 aliphatic rings. The Morgan fingerprint density at radius 3 is 2.09 bits per heavy atom. The number of benzene rings is 3. The van der Waals surface area contributed by atoms with E-state index in [4.69, 9.17) is 30.3 Å². The van der Waals surface area contributed by atoms with E-state index in [2.05, 4.69) is 15.0 Å². The third kappa shape index (κ3) is 13.3. The molecule has 0 saturated carbocycles. The second-order valence-electron chi connectivity index (χ2n) is 12.8. The van der Waals surface area contributed by atoms with Crippen molar-refractivity contribution >= 4 is 17.6 Å². The Labute approximate surface area is 316 Å². The highest BCUT2D eigenvalue weighted by Gasteiger charge is 2.31. The summed E-state index contributed by atoms with van der Waals surface area (Å²) in [5, 5.41) is 58.4. The maximum atomic E-state index is 14.2. The first kappa shape index (κ1) is 43.1. The van der Waals surface area contributed by atoms with Crippen LogP contribution in [0.25, 0.3) is 22.4 Å². The Morgan fingerprint density at radius 1 is 0.818 bits per heavy atom. The quantitative estimate of drug-likeness (QED) is 0.0312. The van der Waals surface area contributed by atoms with Crippen molar-refractivity contribution in [3.05, 3.63) is 102 Å². The number of nitrogens with zero attached hydrogens (tertiary/aromatic N) is 3. The van der Waals surface area contributed by atoms with Crippen LogP contribution in [-0.4, -0.2) is 103 Å². The van der Waals surface area contributed by atoms with E-state index in [1.165, 1.54) is 12.1 Å². The lowest BCUT2D eigenvalue weighted by atomic mass is 9.94. The molecule has 0 fully saturated rings. The fourth-order valence-corrected chi connectivity index (χ4v) is 6.07. The number of ether oxygens (including phenoxy) is 2. The SMILES string of the molecule is CC(C)c1c(C(=O)Nc2ccccc2)c(-c2ccccc2)c(-c2ccc(F)cc2)n1CC[C@@H](O)C[C@@H](O)CC(=O)OCCOCC(CON(O)O)ON(O)O. The number of hydrogen-bond donors (Lipinski definition) is 7. The molecule has 4 aromatic rings. The average molecular weight is 771 g/mol. The van der Waals surface area contributed by atoms with Gasteiger partial charge in [0, 0.05) is 23.5 Å². The number of para-hydroxylation sites is 1. The van der Waals surface area contributed by atoms with E-state index in [1.54, 1.807) is 24.3 Å². The molecule has 1 heterocycles. The van der Waals surface area contributed by atoms with Crippen molar-refractivity contribution in [2.24, 2.45) is 0 Å². The third-order valence-electron chi connectivity index (χ3n) is 8.34. The van der Waals surface area contributed by atoms with E-state index in [9.17, 15) is 24.2 Å². The van der Waals surface area contributed by atoms with Crippen molar-refractivity contribution in [1.29, 1.82) is 0 Å². The number of rotatable bonds is 22. The molecule has 55 heavy (non-hydrogen) atoms. The minimum absolute atomic E-state index is 0.132. The van der Waals surface area contributed by atoms with Crippen molar-refractivity contribution in [1.82, 2.24) is 15.3 Å². The Balaban J connectivity index is 1.48. The van der Waals surface area contributed by atoms with Crippen LogP contribution in [0.4, 0.5) is 10.1 Å². The normalized spacial score (nSPS) is 13.3. The molecule has 1 aromatic heterocycles. The summed E-state index contributed by atoms with van der Waals surface area (Å²) >= 11 is 0. The van der Waals surface area contributed by atoms with Crippen molar-refractivity contribution in [3.8, 4) is 22.4 Å². The average Bonchev–Trinajstić information content (AvgIpc) is 3.49. The zero-order chi connectivity index (χ0) is 39.9. The van der Waals surface area contributed by atoms with Gasteiger partial charge in [0.05, 0.1) is 53.9 Å². The van der Waals surface area contributed by atoms with Gasteiger partial charge < -0.3 is 29.6 Å². The largest absolute Gasteiger partial charge is 0.463 e. The lowest BCUT2D eigenvalue weighted by Crippen LogP contribution is -2.34. The molecule has 298 valence electrons. The minimum Gasteiger partial charge on any atom is -0.463 e. The number of esters is 1. The van der Waals surface area contributed by atoms with Crippen LogP contribution in [0.3, 0.4) is 0 Å². The number of carbonyl (C=O) groups excluding carboxylic acids is 2. The Hall–Kier alpha value is -4.63. The fourth-order valence-electron chi connectivity index (χ4n) is 6.07. The zero-order valence-corrected chi connectivity index (χ0v) is 30.4. The van der Waals surface area contributed by atoms with Gasteiger partial charge in [-0.15, -0.1) is 0 Å². The monoisotopic (exact) mass is 770 g/mol. The smallest absolute Gasteiger partial charge is 0.308 e. The summed E-state index contributed by atoms with van der Waals surface area (Å²) in [4.78, 5) is 35.5. The first-order chi connectivity index (χ1) is 26.3. The molecule has 0 bridgehead atoms. The molecule has 4 rings (SSSR count). The summed E-state index contributed by atoms with van der Waals surface area (Å²) in [6, 6.07) is 24.5. The highest BCUT2D eigenvalue weighted by molar-refractivity contribution is 6.12. The van der Waals surface area contributed by atoms with E-state index in [0.29, 0.717) is 33.8 Å². The molecule has 1 amide bonds. The molecule has 16 nitrogen and oxygen atoms in total. The second-order valence-corrected chi connectivity index (χ2v) is 12.8. The number of aliphatic hydroxyl groups is 2. The highest BCUT2D eigenvalue weighted by atomic mass is 19.1. The predicted octanol–water partition coefficient (Wildman–Crippen LogP) is 5.18. The van der Waals surface area contributed by atoms with Crippen LogP contribution in [0.2, 0.25) is 0 Å². The van der Waals surface area contributed by atoms with Gasteiger partial charge in [0.1, 0.15) is 25.1 Å². The maximum Gasteiger partial charge on any atom is 0.308 e. The van der Waals surface area contributed by atoms with Gasteiger partial charge in [-0.3, -0.25) is 30.4 Å². The van der Waals surface area contributed by atoms with Gasteiger partial charge in [-0.05, 0) is 66.3 Å². The first-order valence-corrected chi connectivity index (χ1v) is 17.5. The van der Waals surface area contributed by atoms with Crippen LogP contribution in [-0.2, 0) is 30.5 Å². The summed E-state index contributed by atoms with van der Waals surface area (Å²) in [6.07, 6.45) is -3.96. The summed E-state index contributed by atoms with van der Waals surface area (Å²) < 4.78 is 26.4.